The first-order valence-electron chi connectivity index (χ1n) is 11.2. The third-order valence-corrected chi connectivity index (χ3v) is 6.34. The van der Waals surface area contributed by atoms with Crippen molar-refractivity contribution < 1.29 is 38.2 Å². The van der Waals surface area contributed by atoms with E-state index in [0.717, 1.165) is 25.7 Å². The van der Waals surface area contributed by atoms with Gasteiger partial charge in [0.05, 0.1) is 11.8 Å². The molecule has 0 aromatic rings. The maximum atomic E-state index is 12.5. The number of ether oxygens (including phenoxy) is 3. The van der Waals surface area contributed by atoms with Crippen LogP contribution >= 0.6 is 0 Å². The van der Waals surface area contributed by atoms with Gasteiger partial charge in [-0.3, -0.25) is 24.0 Å². The van der Waals surface area contributed by atoms with Crippen LogP contribution in [0.4, 0.5) is 0 Å². The summed E-state index contributed by atoms with van der Waals surface area (Å²) in [6.07, 6.45) is 5.09. The molecule has 0 aliphatic heterocycles. The zero-order chi connectivity index (χ0) is 23.0. The maximum absolute atomic E-state index is 12.5. The van der Waals surface area contributed by atoms with E-state index in [1.54, 1.807) is 0 Å². The molecule has 0 amide bonds. The van der Waals surface area contributed by atoms with Gasteiger partial charge in [0.25, 0.3) is 0 Å². The molecule has 4 unspecified atom stereocenters. The fraction of sp³-hybridized carbons (Fsp3) is 0.783. The molecule has 0 heterocycles. The lowest BCUT2D eigenvalue weighted by atomic mass is 9.77. The van der Waals surface area contributed by atoms with Crippen LogP contribution in [-0.2, 0) is 38.2 Å². The quantitative estimate of drug-likeness (QED) is 0.399. The minimum absolute atomic E-state index is 0.0281. The Morgan fingerprint density at radius 3 is 1.32 bits per heavy atom. The summed E-state index contributed by atoms with van der Waals surface area (Å²) in [4.78, 5) is 60.2. The van der Waals surface area contributed by atoms with E-state index in [1.807, 2.05) is 0 Å². The Morgan fingerprint density at radius 1 is 0.645 bits per heavy atom. The molecule has 2 aliphatic rings. The van der Waals surface area contributed by atoms with Gasteiger partial charge in [0.1, 0.15) is 24.8 Å². The molecule has 0 saturated heterocycles. The Labute approximate surface area is 183 Å². The minimum Gasteiger partial charge on any atom is -0.461 e. The lowest BCUT2D eigenvalue weighted by molar-refractivity contribution is -0.171. The van der Waals surface area contributed by atoms with E-state index in [2.05, 4.69) is 0 Å². The van der Waals surface area contributed by atoms with Crippen molar-refractivity contribution in [2.75, 3.05) is 13.2 Å². The van der Waals surface area contributed by atoms with Gasteiger partial charge in [-0.25, -0.2) is 0 Å². The zero-order valence-corrected chi connectivity index (χ0v) is 18.7. The largest absolute Gasteiger partial charge is 0.461 e. The third kappa shape index (κ3) is 7.43. The fourth-order valence-electron chi connectivity index (χ4n) is 4.71. The van der Waals surface area contributed by atoms with Crippen molar-refractivity contribution in [3.05, 3.63) is 0 Å². The average Bonchev–Trinajstić information content (AvgIpc) is 2.74. The van der Waals surface area contributed by atoms with Crippen LogP contribution in [0.15, 0.2) is 0 Å². The summed E-state index contributed by atoms with van der Waals surface area (Å²) in [5.74, 6) is -3.31. The first-order chi connectivity index (χ1) is 14.7. The van der Waals surface area contributed by atoms with Crippen LogP contribution in [0.25, 0.3) is 0 Å². The number of ketones is 2. The Morgan fingerprint density at radius 2 is 1.00 bits per heavy atom. The van der Waals surface area contributed by atoms with Gasteiger partial charge in [-0.15, -0.1) is 0 Å². The van der Waals surface area contributed by atoms with Crippen LogP contribution in [-0.4, -0.2) is 48.8 Å². The number of rotatable bonds is 9. The molecule has 8 heteroatoms. The average molecular weight is 439 g/mol. The number of carbonyl (C=O) groups excluding carboxylic acids is 5. The van der Waals surface area contributed by atoms with Crippen LogP contribution in [0.3, 0.4) is 0 Å². The van der Waals surface area contributed by atoms with E-state index in [0.29, 0.717) is 25.7 Å². The van der Waals surface area contributed by atoms with Crippen LogP contribution in [0.1, 0.15) is 72.1 Å². The van der Waals surface area contributed by atoms with Gasteiger partial charge in [0.2, 0.25) is 0 Å². The van der Waals surface area contributed by atoms with Crippen LogP contribution in [0, 0.1) is 23.7 Å². The van der Waals surface area contributed by atoms with Crippen molar-refractivity contribution in [2.24, 2.45) is 23.7 Å². The molecule has 2 saturated carbocycles. The van der Waals surface area contributed by atoms with Crippen LogP contribution < -0.4 is 0 Å². The molecule has 0 bridgehead atoms. The second kappa shape index (κ2) is 12.0. The predicted molar refractivity (Wildman–Crippen MR) is 110 cm³/mol. The van der Waals surface area contributed by atoms with E-state index >= 15 is 0 Å². The van der Waals surface area contributed by atoms with Crippen molar-refractivity contribution in [2.45, 2.75) is 78.2 Å². The maximum Gasteiger partial charge on any atom is 0.309 e. The van der Waals surface area contributed by atoms with Crippen molar-refractivity contribution in [1.29, 1.82) is 0 Å². The highest BCUT2D eigenvalue weighted by molar-refractivity contribution is 5.86. The van der Waals surface area contributed by atoms with Gasteiger partial charge in [-0.2, -0.15) is 0 Å². The van der Waals surface area contributed by atoms with Gasteiger partial charge in [0.15, 0.2) is 6.10 Å². The molecule has 0 aromatic heterocycles. The summed E-state index contributed by atoms with van der Waals surface area (Å²) in [6, 6.07) is 0. The summed E-state index contributed by atoms with van der Waals surface area (Å²) in [7, 11) is 0. The van der Waals surface area contributed by atoms with Crippen molar-refractivity contribution >= 4 is 29.5 Å². The smallest absolute Gasteiger partial charge is 0.309 e. The monoisotopic (exact) mass is 438 g/mol. The highest BCUT2D eigenvalue weighted by Crippen LogP contribution is 2.33. The zero-order valence-electron chi connectivity index (χ0n) is 18.7. The molecule has 31 heavy (non-hydrogen) atoms. The molecule has 8 nitrogen and oxygen atoms in total. The predicted octanol–water partition coefficient (Wildman–Crippen LogP) is 2.80. The molecule has 2 rings (SSSR count). The van der Waals surface area contributed by atoms with E-state index in [4.69, 9.17) is 14.2 Å². The summed E-state index contributed by atoms with van der Waals surface area (Å²) in [5, 5.41) is 0. The summed E-state index contributed by atoms with van der Waals surface area (Å²) in [5.41, 5.74) is 0. The molecule has 2 fully saturated rings. The van der Waals surface area contributed by atoms with E-state index in [-0.39, 0.29) is 36.6 Å². The Bertz CT molecular complexity index is 635. The fourth-order valence-corrected chi connectivity index (χ4v) is 4.71. The third-order valence-electron chi connectivity index (χ3n) is 6.34. The van der Waals surface area contributed by atoms with Crippen LogP contribution in [0.5, 0.6) is 0 Å². The lowest BCUT2D eigenvalue weighted by Crippen LogP contribution is -2.37. The van der Waals surface area contributed by atoms with Gasteiger partial charge in [-0.1, -0.05) is 25.7 Å². The molecule has 0 spiro atoms. The van der Waals surface area contributed by atoms with Crippen molar-refractivity contribution in [3.63, 3.8) is 0 Å². The van der Waals surface area contributed by atoms with Gasteiger partial charge >= 0.3 is 17.9 Å². The number of hydrogen-bond donors (Lipinski definition) is 0. The Balaban J connectivity index is 1.91. The number of hydrogen-bond acceptors (Lipinski definition) is 8. The first kappa shape index (κ1) is 25.0. The SMILES string of the molecule is CC(=O)OC(COC(=O)C1CCCCC1C(C)=O)COC(=O)C1CCCCC1C(C)=O. The van der Waals surface area contributed by atoms with Crippen molar-refractivity contribution in [1.82, 2.24) is 0 Å². The molecule has 0 N–H and O–H groups in total. The molecular formula is C23H34O8. The van der Waals surface area contributed by atoms with Crippen LogP contribution in [0.2, 0.25) is 0 Å². The van der Waals surface area contributed by atoms with E-state index in [9.17, 15) is 24.0 Å². The number of esters is 3. The first-order valence-corrected chi connectivity index (χ1v) is 11.2. The second-order valence-electron chi connectivity index (χ2n) is 8.71. The second-order valence-corrected chi connectivity index (χ2v) is 8.71. The Kier molecular flexibility index (Phi) is 9.65. The number of carbonyl (C=O) groups is 5. The Hall–Kier alpha value is -2.25. The highest BCUT2D eigenvalue weighted by atomic mass is 16.6. The van der Waals surface area contributed by atoms with E-state index < -0.39 is 35.8 Å². The molecule has 0 radical (unpaired) electrons. The highest BCUT2D eigenvalue weighted by Gasteiger charge is 2.37. The van der Waals surface area contributed by atoms with Gasteiger partial charge < -0.3 is 14.2 Å². The molecule has 174 valence electrons. The van der Waals surface area contributed by atoms with E-state index in [1.165, 1.54) is 20.8 Å². The number of Topliss-reactive ketones (excluding diaryl/α,β-unsaturated/α-hetero) is 2. The molecule has 2 aliphatic carbocycles. The van der Waals surface area contributed by atoms with Gasteiger partial charge in [-0.05, 0) is 39.5 Å². The topological polar surface area (TPSA) is 113 Å². The minimum atomic E-state index is -0.941. The molecule has 0 aromatic carbocycles. The molecular weight excluding hydrogens is 404 g/mol. The standard InChI is InChI=1S/C23H34O8/c1-14(24)18-8-4-6-10-20(18)22(27)29-12-17(31-16(3)26)13-30-23(28)21-11-7-5-9-19(21)15(2)25/h17-21H,4-13H2,1-3H3. The summed E-state index contributed by atoms with van der Waals surface area (Å²) in [6.45, 7) is 3.67. The molecule has 4 atom stereocenters. The van der Waals surface area contributed by atoms with Gasteiger partial charge in [0, 0.05) is 18.8 Å². The summed E-state index contributed by atoms with van der Waals surface area (Å²) < 4.78 is 15.8. The normalized spacial score (nSPS) is 26.9. The summed E-state index contributed by atoms with van der Waals surface area (Å²) >= 11 is 0. The lowest BCUT2D eigenvalue weighted by Gasteiger charge is -2.29. The van der Waals surface area contributed by atoms with Crippen molar-refractivity contribution in [3.8, 4) is 0 Å².